The summed E-state index contributed by atoms with van der Waals surface area (Å²) in [6.07, 6.45) is 0. The van der Waals surface area contributed by atoms with E-state index in [-0.39, 0.29) is 5.97 Å². The minimum atomic E-state index is -0.362. The highest BCUT2D eigenvalue weighted by atomic mass is 32.1. The van der Waals surface area contributed by atoms with E-state index in [1.807, 2.05) is 38.1 Å². The average Bonchev–Trinajstić information content (AvgIpc) is 2.95. The van der Waals surface area contributed by atoms with Crippen molar-refractivity contribution in [2.75, 3.05) is 0 Å². The van der Waals surface area contributed by atoms with E-state index in [0.717, 1.165) is 21.1 Å². The molecule has 0 radical (unpaired) electrons. The van der Waals surface area contributed by atoms with Gasteiger partial charge in [0, 0.05) is 5.56 Å². The Morgan fingerprint density at radius 1 is 0.955 bits per heavy atom. The van der Waals surface area contributed by atoms with Crippen molar-refractivity contribution in [3.8, 4) is 16.3 Å². The molecular weight excluding hydrogens is 296 g/mol. The minimum Gasteiger partial charge on any atom is -0.423 e. The fourth-order valence-corrected chi connectivity index (χ4v) is 2.63. The standard InChI is InChI=1S/C17H14N2O2S/c1-11-3-5-14(6-4-11)17(20)21-15-9-7-13(8-10-15)16-19-18-12(2)22-16/h3-10H,1-2H3. The summed E-state index contributed by atoms with van der Waals surface area (Å²) >= 11 is 1.53. The molecule has 0 unspecified atom stereocenters. The largest absolute Gasteiger partial charge is 0.423 e. The van der Waals surface area contributed by atoms with E-state index in [2.05, 4.69) is 10.2 Å². The molecule has 0 aliphatic carbocycles. The number of ether oxygens (including phenoxy) is 1. The highest BCUT2D eigenvalue weighted by Crippen LogP contribution is 2.25. The molecule has 0 saturated heterocycles. The molecule has 1 aromatic heterocycles. The molecule has 2 aromatic carbocycles. The van der Waals surface area contributed by atoms with Crippen LogP contribution < -0.4 is 4.74 Å². The number of rotatable bonds is 3. The Labute approximate surface area is 132 Å². The van der Waals surface area contributed by atoms with Crippen molar-refractivity contribution in [2.45, 2.75) is 13.8 Å². The lowest BCUT2D eigenvalue weighted by atomic mass is 10.1. The molecule has 4 nitrogen and oxygen atoms in total. The number of aryl methyl sites for hydroxylation is 2. The molecule has 0 spiro atoms. The summed E-state index contributed by atoms with van der Waals surface area (Å²) in [4.78, 5) is 12.0. The Bertz CT molecular complexity index is 792. The van der Waals surface area contributed by atoms with Crippen LogP contribution in [0.25, 0.3) is 10.6 Å². The van der Waals surface area contributed by atoms with Gasteiger partial charge in [-0.05, 0) is 50.2 Å². The third kappa shape index (κ3) is 3.20. The van der Waals surface area contributed by atoms with Gasteiger partial charge in [0.25, 0.3) is 0 Å². The molecule has 3 aromatic rings. The van der Waals surface area contributed by atoms with Crippen LogP contribution in [0.4, 0.5) is 0 Å². The molecule has 0 bridgehead atoms. The van der Waals surface area contributed by atoms with Gasteiger partial charge in [-0.3, -0.25) is 0 Å². The summed E-state index contributed by atoms with van der Waals surface area (Å²) in [5.41, 5.74) is 2.60. The van der Waals surface area contributed by atoms with Gasteiger partial charge in [0.1, 0.15) is 15.8 Å². The van der Waals surface area contributed by atoms with E-state index in [1.165, 1.54) is 11.3 Å². The number of benzene rings is 2. The van der Waals surface area contributed by atoms with Crippen molar-refractivity contribution in [1.82, 2.24) is 10.2 Å². The molecule has 0 amide bonds. The molecule has 0 fully saturated rings. The second kappa shape index (κ2) is 6.07. The van der Waals surface area contributed by atoms with Gasteiger partial charge < -0.3 is 4.74 Å². The van der Waals surface area contributed by atoms with Crippen LogP contribution in [0.1, 0.15) is 20.9 Å². The van der Waals surface area contributed by atoms with Gasteiger partial charge in [0.15, 0.2) is 0 Å². The first-order valence-electron chi connectivity index (χ1n) is 6.81. The number of aromatic nitrogens is 2. The van der Waals surface area contributed by atoms with Gasteiger partial charge in [0.2, 0.25) is 0 Å². The van der Waals surface area contributed by atoms with Crippen molar-refractivity contribution >= 4 is 17.3 Å². The minimum absolute atomic E-state index is 0.362. The third-order valence-electron chi connectivity index (χ3n) is 3.13. The Kier molecular flexibility index (Phi) is 3.98. The quantitative estimate of drug-likeness (QED) is 0.541. The van der Waals surface area contributed by atoms with Crippen molar-refractivity contribution in [2.24, 2.45) is 0 Å². The zero-order valence-corrected chi connectivity index (χ0v) is 13.1. The molecule has 0 atom stereocenters. The third-order valence-corrected chi connectivity index (χ3v) is 4.01. The number of nitrogens with zero attached hydrogens (tertiary/aromatic N) is 2. The molecule has 1 heterocycles. The zero-order chi connectivity index (χ0) is 15.5. The number of carbonyl (C=O) groups is 1. The van der Waals surface area contributed by atoms with E-state index in [1.54, 1.807) is 24.3 Å². The average molecular weight is 310 g/mol. The molecule has 110 valence electrons. The Morgan fingerprint density at radius 3 is 2.23 bits per heavy atom. The summed E-state index contributed by atoms with van der Waals surface area (Å²) < 4.78 is 5.36. The summed E-state index contributed by atoms with van der Waals surface area (Å²) in [6.45, 7) is 3.89. The molecule has 0 N–H and O–H groups in total. The van der Waals surface area contributed by atoms with E-state index in [9.17, 15) is 4.79 Å². The molecule has 0 aliphatic heterocycles. The predicted molar refractivity (Wildman–Crippen MR) is 86.2 cm³/mol. The Balaban J connectivity index is 1.73. The van der Waals surface area contributed by atoms with E-state index >= 15 is 0 Å². The van der Waals surface area contributed by atoms with E-state index < -0.39 is 0 Å². The van der Waals surface area contributed by atoms with Crippen molar-refractivity contribution in [3.63, 3.8) is 0 Å². The second-order valence-corrected chi connectivity index (χ2v) is 6.09. The Hall–Kier alpha value is -2.53. The monoisotopic (exact) mass is 310 g/mol. The maximum Gasteiger partial charge on any atom is 0.343 e. The highest BCUT2D eigenvalue weighted by molar-refractivity contribution is 7.14. The predicted octanol–water partition coefficient (Wildman–Crippen LogP) is 4.04. The van der Waals surface area contributed by atoms with Crippen LogP contribution in [0.3, 0.4) is 0 Å². The molecule has 3 rings (SSSR count). The first kappa shape index (κ1) is 14.4. The lowest BCUT2D eigenvalue weighted by molar-refractivity contribution is 0.0735. The molecule has 0 aliphatic rings. The summed E-state index contributed by atoms with van der Waals surface area (Å²) in [7, 11) is 0. The van der Waals surface area contributed by atoms with Gasteiger partial charge >= 0.3 is 5.97 Å². The van der Waals surface area contributed by atoms with Crippen LogP contribution in [0, 0.1) is 13.8 Å². The number of hydrogen-bond donors (Lipinski definition) is 0. The summed E-state index contributed by atoms with van der Waals surface area (Å²) in [5.74, 6) is 0.148. The second-order valence-electron chi connectivity index (χ2n) is 4.91. The van der Waals surface area contributed by atoms with Gasteiger partial charge in [-0.15, -0.1) is 10.2 Å². The summed E-state index contributed by atoms with van der Waals surface area (Å²) in [5, 5.41) is 9.86. The van der Waals surface area contributed by atoms with Crippen molar-refractivity contribution < 1.29 is 9.53 Å². The van der Waals surface area contributed by atoms with Gasteiger partial charge in [-0.2, -0.15) is 0 Å². The zero-order valence-electron chi connectivity index (χ0n) is 12.2. The van der Waals surface area contributed by atoms with Crippen LogP contribution in [0.2, 0.25) is 0 Å². The van der Waals surface area contributed by atoms with Crippen LogP contribution in [0.5, 0.6) is 5.75 Å². The molecular formula is C17H14N2O2S. The maximum atomic E-state index is 12.0. The van der Waals surface area contributed by atoms with E-state index in [0.29, 0.717) is 11.3 Å². The molecule has 5 heteroatoms. The summed E-state index contributed by atoms with van der Waals surface area (Å²) in [6, 6.07) is 14.6. The maximum absolute atomic E-state index is 12.0. The van der Waals surface area contributed by atoms with Crippen molar-refractivity contribution in [3.05, 3.63) is 64.7 Å². The fourth-order valence-electron chi connectivity index (χ4n) is 1.93. The molecule has 0 saturated carbocycles. The first-order chi connectivity index (χ1) is 10.6. The van der Waals surface area contributed by atoms with Crippen molar-refractivity contribution in [1.29, 1.82) is 0 Å². The van der Waals surface area contributed by atoms with Gasteiger partial charge in [0.05, 0.1) is 5.56 Å². The molecule has 22 heavy (non-hydrogen) atoms. The fraction of sp³-hybridized carbons (Fsp3) is 0.118. The topological polar surface area (TPSA) is 52.1 Å². The Morgan fingerprint density at radius 2 is 1.64 bits per heavy atom. The lowest BCUT2D eigenvalue weighted by Gasteiger charge is -2.05. The first-order valence-corrected chi connectivity index (χ1v) is 7.63. The lowest BCUT2D eigenvalue weighted by Crippen LogP contribution is -2.08. The smallest absolute Gasteiger partial charge is 0.343 e. The number of carbonyl (C=O) groups excluding carboxylic acids is 1. The van der Waals surface area contributed by atoms with Gasteiger partial charge in [-0.25, -0.2) is 4.79 Å². The highest BCUT2D eigenvalue weighted by Gasteiger charge is 2.09. The van der Waals surface area contributed by atoms with Crippen LogP contribution in [0.15, 0.2) is 48.5 Å². The van der Waals surface area contributed by atoms with Crippen LogP contribution in [-0.4, -0.2) is 16.2 Å². The van der Waals surface area contributed by atoms with E-state index in [4.69, 9.17) is 4.74 Å². The SMILES string of the molecule is Cc1ccc(C(=O)Oc2ccc(-c3nnc(C)s3)cc2)cc1. The van der Waals surface area contributed by atoms with Crippen LogP contribution in [-0.2, 0) is 0 Å². The number of esters is 1. The normalized spacial score (nSPS) is 10.5. The van der Waals surface area contributed by atoms with Crippen LogP contribution >= 0.6 is 11.3 Å². The van der Waals surface area contributed by atoms with Gasteiger partial charge in [-0.1, -0.05) is 29.0 Å². The number of hydrogen-bond acceptors (Lipinski definition) is 5.